The minimum atomic E-state index is -0.446. The van der Waals surface area contributed by atoms with Gasteiger partial charge in [-0.1, -0.05) is 6.07 Å². The third-order valence-electron chi connectivity index (χ3n) is 6.65. The van der Waals surface area contributed by atoms with Crippen molar-refractivity contribution in [2.24, 2.45) is 0 Å². The van der Waals surface area contributed by atoms with Gasteiger partial charge in [0.15, 0.2) is 5.65 Å². The molecule has 1 fully saturated rings. The van der Waals surface area contributed by atoms with E-state index in [-0.39, 0.29) is 5.56 Å². The van der Waals surface area contributed by atoms with Gasteiger partial charge in [0.05, 0.1) is 5.69 Å². The van der Waals surface area contributed by atoms with E-state index in [0.29, 0.717) is 28.7 Å². The van der Waals surface area contributed by atoms with Crippen molar-refractivity contribution in [3.63, 3.8) is 0 Å². The monoisotopic (exact) mass is 465 g/mol. The highest BCUT2D eigenvalue weighted by Gasteiger charge is 2.46. The summed E-state index contributed by atoms with van der Waals surface area (Å²) in [6, 6.07) is 6.26. The number of aromatic nitrogens is 5. The molecular formula is C23H24FN7OS. The predicted molar refractivity (Wildman–Crippen MR) is 126 cm³/mol. The molecule has 0 unspecified atom stereocenters. The zero-order valence-electron chi connectivity index (χ0n) is 18.3. The smallest absolute Gasteiger partial charge is 0.278 e. The van der Waals surface area contributed by atoms with Crippen molar-refractivity contribution in [3.8, 4) is 5.13 Å². The molecule has 0 saturated heterocycles. The lowest BCUT2D eigenvalue weighted by molar-refractivity contribution is 0.412. The second-order valence-electron chi connectivity index (χ2n) is 8.73. The van der Waals surface area contributed by atoms with E-state index >= 15 is 0 Å². The molecule has 1 aromatic carbocycles. The SMILES string of the molecule is CCn1c(=O)c2cnc(Nc3ccc4c(c3)CCNC4)nc2n1-c1nc(C2(CF)CC2)cs1. The molecule has 4 heterocycles. The van der Waals surface area contributed by atoms with Gasteiger partial charge in [-0.2, -0.15) is 4.98 Å². The number of nitrogens with zero attached hydrogens (tertiary/aromatic N) is 5. The predicted octanol–water partition coefficient (Wildman–Crippen LogP) is 3.45. The van der Waals surface area contributed by atoms with E-state index < -0.39 is 12.1 Å². The summed E-state index contributed by atoms with van der Waals surface area (Å²) in [5.74, 6) is 0.414. The van der Waals surface area contributed by atoms with Crippen LogP contribution < -0.4 is 16.2 Å². The number of thiazole rings is 1. The van der Waals surface area contributed by atoms with Crippen LogP contribution in [0.5, 0.6) is 0 Å². The fourth-order valence-electron chi connectivity index (χ4n) is 4.47. The number of alkyl halides is 1. The molecule has 170 valence electrons. The topological polar surface area (TPSA) is 89.7 Å². The standard InChI is InChI=1S/C23H24FN7OS/c1-2-30-20(32)17-11-26-21(27-16-4-3-15-10-25-8-5-14(15)9-16)29-19(17)31(30)22-28-18(12-33-22)23(13-24)6-7-23/h3-4,9,11-12,25H,2,5-8,10,13H2,1H3,(H,26,27,29). The number of hydrogen-bond donors (Lipinski definition) is 2. The van der Waals surface area contributed by atoms with Crippen LogP contribution in [0.25, 0.3) is 16.2 Å². The number of fused-ring (bicyclic) bond motifs is 2. The summed E-state index contributed by atoms with van der Waals surface area (Å²) >= 11 is 1.41. The van der Waals surface area contributed by atoms with Gasteiger partial charge in [0.25, 0.3) is 5.56 Å². The number of rotatable bonds is 6. The van der Waals surface area contributed by atoms with E-state index in [0.717, 1.165) is 43.7 Å². The van der Waals surface area contributed by atoms with Crippen LogP contribution >= 0.6 is 11.3 Å². The van der Waals surface area contributed by atoms with Crippen molar-refractivity contribution in [3.05, 3.63) is 57.0 Å². The summed E-state index contributed by atoms with van der Waals surface area (Å²) in [6.07, 6.45) is 4.17. The molecule has 2 N–H and O–H groups in total. The van der Waals surface area contributed by atoms with E-state index in [4.69, 9.17) is 9.97 Å². The summed E-state index contributed by atoms with van der Waals surface area (Å²) in [5, 5.41) is 9.62. The van der Waals surface area contributed by atoms with E-state index in [1.54, 1.807) is 15.6 Å². The van der Waals surface area contributed by atoms with Crippen molar-refractivity contribution >= 4 is 34.0 Å². The Morgan fingerprint density at radius 3 is 2.94 bits per heavy atom. The number of nitrogens with one attached hydrogen (secondary N) is 2. The first-order valence-corrected chi connectivity index (χ1v) is 12.1. The van der Waals surface area contributed by atoms with Crippen LogP contribution in [-0.2, 0) is 24.9 Å². The molecule has 0 spiro atoms. The van der Waals surface area contributed by atoms with Crippen LogP contribution in [0.1, 0.15) is 36.6 Å². The molecule has 0 atom stereocenters. The first-order chi connectivity index (χ1) is 16.1. The van der Waals surface area contributed by atoms with Gasteiger partial charge in [0.1, 0.15) is 12.1 Å². The summed E-state index contributed by atoms with van der Waals surface area (Å²) in [5.41, 5.74) is 4.17. The maximum atomic E-state index is 13.6. The number of anilines is 2. The highest BCUT2D eigenvalue weighted by Crippen LogP contribution is 2.48. The van der Waals surface area contributed by atoms with Crippen LogP contribution in [-0.4, -0.2) is 37.5 Å². The fourth-order valence-corrected chi connectivity index (χ4v) is 5.42. The molecule has 2 aliphatic rings. The molecule has 8 nitrogen and oxygen atoms in total. The molecule has 0 bridgehead atoms. The Morgan fingerprint density at radius 2 is 2.15 bits per heavy atom. The maximum absolute atomic E-state index is 13.6. The van der Waals surface area contributed by atoms with Crippen molar-refractivity contribution in [1.29, 1.82) is 0 Å². The minimum Gasteiger partial charge on any atom is -0.324 e. The van der Waals surface area contributed by atoms with Crippen LogP contribution in [0.2, 0.25) is 0 Å². The Balaban J connectivity index is 1.41. The fraction of sp³-hybridized carbons (Fsp3) is 0.391. The first-order valence-electron chi connectivity index (χ1n) is 11.2. The molecule has 0 radical (unpaired) electrons. The van der Waals surface area contributed by atoms with Crippen LogP contribution in [0.15, 0.2) is 34.6 Å². The van der Waals surface area contributed by atoms with Crippen LogP contribution in [0.3, 0.4) is 0 Å². The second-order valence-corrected chi connectivity index (χ2v) is 9.56. The van der Waals surface area contributed by atoms with Gasteiger partial charge >= 0.3 is 0 Å². The van der Waals surface area contributed by atoms with Gasteiger partial charge in [-0.25, -0.2) is 19.3 Å². The third kappa shape index (κ3) is 3.36. The Kier molecular flexibility index (Phi) is 4.81. The summed E-state index contributed by atoms with van der Waals surface area (Å²) in [6.45, 7) is 3.81. The molecule has 4 aromatic rings. The maximum Gasteiger partial charge on any atom is 0.278 e. The average Bonchev–Trinajstić information content (AvgIpc) is 3.40. The van der Waals surface area contributed by atoms with E-state index in [1.807, 2.05) is 18.4 Å². The summed E-state index contributed by atoms with van der Waals surface area (Å²) in [4.78, 5) is 26.8. The second kappa shape index (κ2) is 7.74. The van der Waals surface area contributed by atoms with Crippen molar-refractivity contribution in [2.45, 2.75) is 44.7 Å². The van der Waals surface area contributed by atoms with Crippen molar-refractivity contribution in [1.82, 2.24) is 29.6 Å². The highest BCUT2D eigenvalue weighted by molar-refractivity contribution is 7.12. The lowest BCUT2D eigenvalue weighted by atomic mass is 10.0. The normalized spacial score (nSPS) is 16.7. The lowest BCUT2D eigenvalue weighted by Gasteiger charge is -2.18. The highest BCUT2D eigenvalue weighted by atomic mass is 32.1. The number of benzene rings is 1. The van der Waals surface area contributed by atoms with Gasteiger partial charge in [0.2, 0.25) is 11.1 Å². The lowest BCUT2D eigenvalue weighted by Crippen LogP contribution is -2.23. The van der Waals surface area contributed by atoms with Crippen LogP contribution in [0.4, 0.5) is 16.0 Å². The number of halogens is 1. The summed E-state index contributed by atoms with van der Waals surface area (Å²) in [7, 11) is 0. The van der Waals surface area contributed by atoms with Gasteiger partial charge in [-0.15, -0.1) is 11.3 Å². The molecule has 1 saturated carbocycles. The van der Waals surface area contributed by atoms with Gasteiger partial charge in [-0.3, -0.25) is 9.18 Å². The minimum absolute atomic E-state index is 0.163. The van der Waals surface area contributed by atoms with Crippen molar-refractivity contribution < 1.29 is 4.39 Å². The van der Waals surface area contributed by atoms with Gasteiger partial charge in [-0.05, 0) is 56.0 Å². The summed E-state index contributed by atoms with van der Waals surface area (Å²) < 4.78 is 16.9. The molecule has 33 heavy (non-hydrogen) atoms. The molecule has 6 rings (SSSR count). The largest absolute Gasteiger partial charge is 0.324 e. The van der Waals surface area contributed by atoms with Crippen LogP contribution in [0, 0.1) is 0 Å². The Morgan fingerprint density at radius 1 is 1.27 bits per heavy atom. The van der Waals surface area contributed by atoms with Crippen molar-refractivity contribution in [2.75, 3.05) is 18.5 Å². The Labute approximate surface area is 193 Å². The Bertz CT molecular complexity index is 1420. The zero-order valence-corrected chi connectivity index (χ0v) is 19.1. The molecule has 3 aromatic heterocycles. The molecule has 10 heteroatoms. The quantitative estimate of drug-likeness (QED) is 0.453. The third-order valence-corrected chi connectivity index (χ3v) is 7.47. The van der Waals surface area contributed by atoms with E-state index in [9.17, 15) is 9.18 Å². The average molecular weight is 466 g/mol. The molecule has 0 amide bonds. The molecular weight excluding hydrogens is 441 g/mol. The van der Waals surface area contributed by atoms with E-state index in [2.05, 4.69) is 27.8 Å². The Hall–Kier alpha value is -3.11. The first kappa shape index (κ1) is 20.5. The number of hydrogen-bond acceptors (Lipinski definition) is 7. The van der Waals surface area contributed by atoms with Gasteiger partial charge < -0.3 is 10.6 Å². The molecule has 1 aliphatic carbocycles. The van der Waals surface area contributed by atoms with E-state index in [1.165, 1.54) is 22.5 Å². The van der Waals surface area contributed by atoms with Gasteiger partial charge in [0, 0.05) is 35.8 Å². The zero-order chi connectivity index (χ0) is 22.6. The molecule has 1 aliphatic heterocycles.